The van der Waals surface area contributed by atoms with Crippen LogP contribution in [0.15, 0.2) is 42.5 Å². The van der Waals surface area contributed by atoms with Crippen LogP contribution in [0.3, 0.4) is 0 Å². The van der Waals surface area contributed by atoms with Crippen LogP contribution >= 0.6 is 11.6 Å². The Morgan fingerprint density at radius 3 is 2.22 bits per heavy atom. The van der Waals surface area contributed by atoms with Gasteiger partial charge < -0.3 is 5.32 Å². The van der Waals surface area contributed by atoms with Crippen molar-refractivity contribution in [1.82, 2.24) is 0 Å². The topological polar surface area (TPSA) is 12.0 Å². The first-order valence-electron chi connectivity index (χ1n) is 5.54. The van der Waals surface area contributed by atoms with E-state index in [2.05, 4.69) is 5.32 Å². The summed E-state index contributed by atoms with van der Waals surface area (Å²) in [4.78, 5) is 0. The first-order chi connectivity index (χ1) is 8.59. The van der Waals surface area contributed by atoms with Gasteiger partial charge >= 0.3 is 0 Å². The van der Waals surface area contributed by atoms with E-state index in [4.69, 9.17) is 11.6 Å². The third-order valence-corrected chi connectivity index (χ3v) is 3.01. The van der Waals surface area contributed by atoms with Gasteiger partial charge in [-0.1, -0.05) is 29.8 Å². The summed E-state index contributed by atoms with van der Waals surface area (Å²) in [6.07, 6.45) is 0. The van der Waals surface area contributed by atoms with Crippen LogP contribution in [-0.2, 0) is 0 Å². The molecule has 1 atom stereocenters. The van der Waals surface area contributed by atoms with E-state index >= 15 is 0 Å². The zero-order chi connectivity index (χ0) is 13.1. The number of hydrogen-bond acceptors (Lipinski definition) is 1. The lowest BCUT2D eigenvalue weighted by molar-refractivity contribution is 0.544. The molecule has 0 aliphatic rings. The zero-order valence-electron chi connectivity index (χ0n) is 9.75. The molecule has 2 rings (SSSR count). The Labute approximate surface area is 109 Å². The molecule has 4 heteroatoms. The van der Waals surface area contributed by atoms with Crippen molar-refractivity contribution in [1.29, 1.82) is 0 Å². The number of hydrogen-bond donors (Lipinski definition) is 1. The second-order valence-corrected chi connectivity index (χ2v) is 4.39. The lowest BCUT2D eigenvalue weighted by Gasteiger charge is -2.17. The van der Waals surface area contributed by atoms with Crippen molar-refractivity contribution in [2.75, 3.05) is 5.32 Å². The van der Waals surface area contributed by atoms with Gasteiger partial charge in [0.05, 0.1) is 16.8 Å². The molecule has 0 aliphatic heterocycles. The summed E-state index contributed by atoms with van der Waals surface area (Å²) < 4.78 is 27.2. The minimum absolute atomic E-state index is 0.0115. The average Bonchev–Trinajstić information content (AvgIpc) is 2.32. The maximum atomic E-state index is 13.6. The highest BCUT2D eigenvalue weighted by Crippen LogP contribution is 2.28. The van der Waals surface area contributed by atoms with Crippen LogP contribution in [0.4, 0.5) is 14.5 Å². The molecule has 94 valence electrons. The van der Waals surface area contributed by atoms with Crippen LogP contribution in [0.1, 0.15) is 18.5 Å². The number of nitrogens with one attached hydrogen (secondary N) is 1. The van der Waals surface area contributed by atoms with Gasteiger partial charge in [-0.25, -0.2) is 8.78 Å². The van der Waals surface area contributed by atoms with Gasteiger partial charge in [0.25, 0.3) is 0 Å². The average molecular weight is 268 g/mol. The Morgan fingerprint density at radius 2 is 1.61 bits per heavy atom. The number of rotatable bonds is 3. The number of anilines is 1. The van der Waals surface area contributed by atoms with Gasteiger partial charge in [0.1, 0.15) is 11.6 Å². The fraction of sp³-hybridized carbons (Fsp3) is 0.143. The summed E-state index contributed by atoms with van der Waals surface area (Å²) in [5, 5.41) is 3.51. The molecule has 0 fully saturated rings. The van der Waals surface area contributed by atoms with E-state index in [0.29, 0.717) is 10.7 Å². The van der Waals surface area contributed by atoms with Gasteiger partial charge in [-0.2, -0.15) is 0 Å². The van der Waals surface area contributed by atoms with E-state index in [1.165, 1.54) is 18.2 Å². The standard InChI is InChI=1S/C14H12ClF2N/c1-9(14-11(16)6-4-7-12(14)17)18-13-8-3-2-5-10(13)15/h2-9,18H,1H3. The van der Waals surface area contributed by atoms with Crippen molar-refractivity contribution in [2.24, 2.45) is 0 Å². The summed E-state index contributed by atoms with van der Waals surface area (Å²) in [5.41, 5.74) is 0.659. The van der Waals surface area contributed by atoms with Crippen molar-refractivity contribution >= 4 is 17.3 Å². The summed E-state index contributed by atoms with van der Waals surface area (Å²) >= 11 is 5.99. The Kier molecular flexibility index (Phi) is 3.82. The largest absolute Gasteiger partial charge is 0.377 e. The minimum Gasteiger partial charge on any atom is -0.377 e. The second kappa shape index (κ2) is 5.36. The quantitative estimate of drug-likeness (QED) is 0.843. The SMILES string of the molecule is CC(Nc1ccccc1Cl)c1c(F)cccc1F. The van der Waals surface area contributed by atoms with Crippen molar-refractivity contribution < 1.29 is 8.78 Å². The van der Waals surface area contributed by atoms with Crippen LogP contribution in [0.2, 0.25) is 5.02 Å². The van der Waals surface area contributed by atoms with E-state index < -0.39 is 17.7 Å². The zero-order valence-corrected chi connectivity index (χ0v) is 10.5. The highest BCUT2D eigenvalue weighted by molar-refractivity contribution is 6.33. The van der Waals surface area contributed by atoms with Crippen molar-refractivity contribution in [2.45, 2.75) is 13.0 Å². The number of halogens is 3. The predicted octanol–water partition coefficient (Wildman–Crippen LogP) is 4.79. The van der Waals surface area contributed by atoms with Gasteiger partial charge in [-0.15, -0.1) is 0 Å². The van der Waals surface area contributed by atoms with Crippen molar-refractivity contribution in [3.8, 4) is 0 Å². The molecule has 0 aliphatic carbocycles. The summed E-state index contributed by atoms with van der Waals surface area (Å²) in [7, 11) is 0. The summed E-state index contributed by atoms with van der Waals surface area (Å²) in [6, 6.07) is 10.4. The minimum atomic E-state index is -0.568. The normalized spacial score (nSPS) is 12.2. The third-order valence-electron chi connectivity index (χ3n) is 2.68. The van der Waals surface area contributed by atoms with Gasteiger partial charge in [-0.3, -0.25) is 0 Å². The lowest BCUT2D eigenvalue weighted by Crippen LogP contribution is -2.11. The molecule has 0 bridgehead atoms. The van der Waals surface area contributed by atoms with Crippen molar-refractivity contribution in [3.63, 3.8) is 0 Å². The lowest BCUT2D eigenvalue weighted by atomic mass is 10.1. The van der Waals surface area contributed by atoms with Crippen LogP contribution < -0.4 is 5.32 Å². The molecule has 0 saturated carbocycles. The Balaban J connectivity index is 2.28. The summed E-state index contributed by atoms with van der Waals surface area (Å²) in [5.74, 6) is -1.14. The highest BCUT2D eigenvalue weighted by atomic mass is 35.5. The molecule has 0 heterocycles. The van der Waals surface area contributed by atoms with Gasteiger partial charge in [0.2, 0.25) is 0 Å². The monoisotopic (exact) mass is 267 g/mol. The molecule has 2 aromatic rings. The molecule has 0 radical (unpaired) electrons. The fourth-order valence-corrected chi connectivity index (χ4v) is 2.00. The maximum Gasteiger partial charge on any atom is 0.131 e. The molecular formula is C14H12ClF2N. The van der Waals surface area contributed by atoms with Crippen LogP contribution in [0.5, 0.6) is 0 Å². The van der Waals surface area contributed by atoms with E-state index in [1.54, 1.807) is 31.2 Å². The highest BCUT2D eigenvalue weighted by Gasteiger charge is 2.16. The van der Waals surface area contributed by atoms with E-state index in [0.717, 1.165) is 0 Å². The van der Waals surface area contributed by atoms with E-state index in [-0.39, 0.29) is 5.56 Å². The van der Waals surface area contributed by atoms with Crippen LogP contribution in [0.25, 0.3) is 0 Å². The Hall–Kier alpha value is -1.61. The smallest absolute Gasteiger partial charge is 0.131 e. The van der Waals surface area contributed by atoms with Gasteiger partial charge in [-0.05, 0) is 31.2 Å². The van der Waals surface area contributed by atoms with Gasteiger partial charge in [0.15, 0.2) is 0 Å². The van der Waals surface area contributed by atoms with E-state index in [1.807, 2.05) is 0 Å². The first-order valence-corrected chi connectivity index (χ1v) is 5.92. The molecule has 18 heavy (non-hydrogen) atoms. The molecule has 2 aromatic carbocycles. The summed E-state index contributed by atoms with van der Waals surface area (Å²) in [6.45, 7) is 1.69. The van der Waals surface area contributed by atoms with E-state index in [9.17, 15) is 8.78 Å². The molecule has 1 nitrogen and oxygen atoms in total. The van der Waals surface area contributed by atoms with Crippen molar-refractivity contribution in [3.05, 3.63) is 64.7 Å². The Bertz CT molecular complexity index is 537. The number of benzene rings is 2. The second-order valence-electron chi connectivity index (χ2n) is 3.98. The van der Waals surface area contributed by atoms with Crippen LogP contribution in [0, 0.1) is 11.6 Å². The molecule has 0 saturated heterocycles. The van der Waals surface area contributed by atoms with Gasteiger partial charge in [0, 0.05) is 5.56 Å². The van der Waals surface area contributed by atoms with Crippen LogP contribution in [-0.4, -0.2) is 0 Å². The molecule has 1 N–H and O–H groups in total. The fourth-order valence-electron chi connectivity index (χ4n) is 1.81. The Morgan fingerprint density at radius 1 is 1.00 bits per heavy atom. The molecule has 0 aromatic heterocycles. The third kappa shape index (κ3) is 2.62. The molecule has 0 spiro atoms. The molecule has 1 unspecified atom stereocenters. The number of para-hydroxylation sites is 1. The molecular weight excluding hydrogens is 256 g/mol. The first kappa shape index (κ1) is 12.8. The predicted molar refractivity (Wildman–Crippen MR) is 69.8 cm³/mol. The maximum absolute atomic E-state index is 13.6. The molecule has 0 amide bonds.